The Balaban J connectivity index is 0.00000364. The van der Waals surface area contributed by atoms with Crippen molar-refractivity contribution in [2.75, 3.05) is 40.6 Å². The van der Waals surface area contributed by atoms with E-state index in [0.29, 0.717) is 37.9 Å². The van der Waals surface area contributed by atoms with Crippen LogP contribution in [-0.2, 0) is 14.3 Å². The molecule has 1 aromatic carbocycles. The molecule has 0 aromatic heterocycles. The monoisotopic (exact) mass is 402 g/mol. The molecule has 0 spiro atoms. The number of hydrogen-bond donors (Lipinski definition) is 2. The SMILES string of the molecule is COCCOc1ccc(C(C)NC(=O)C(N)C2CCOCC2)cc1OC.Cl. The van der Waals surface area contributed by atoms with Crippen molar-refractivity contribution in [2.24, 2.45) is 11.7 Å². The molecule has 7 nitrogen and oxygen atoms in total. The van der Waals surface area contributed by atoms with E-state index in [-0.39, 0.29) is 30.3 Å². The Morgan fingerprint density at radius 1 is 1.26 bits per heavy atom. The van der Waals surface area contributed by atoms with Crippen LogP contribution in [0.2, 0.25) is 0 Å². The normalized spacial score (nSPS) is 16.7. The molecule has 1 fully saturated rings. The fourth-order valence-corrected chi connectivity index (χ4v) is 2.99. The van der Waals surface area contributed by atoms with Gasteiger partial charge in [0.2, 0.25) is 5.91 Å². The van der Waals surface area contributed by atoms with Crippen LogP contribution in [0.5, 0.6) is 11.5 Å². The molecule has 0 bridgehead atoms. The second-order valence-electron chi connectivity index (χ2n) is 6.46. The maximum atomic E-state index is 12.5. The van der Waals surface area contributed by atoms with Gasteiger partial charge in [0, 0.05) is 20.3 Å². The third-order valence-electron chi connectivity index (χ3n) is 4.67. The summed E-state index contributed by atoms with van der Waals surface area (Å²) in [5, 5.41) is 3.00. The van der Waals surface area contributed by atoms with E-state index in [1.54, 1.807) is 14.2 Å². The molecule has 0 radical (unpaired) electrons. The first-order chi connectivity index (χ1) is 12.6. The zero-order valence-corrected chi connectivity index (χ0v) is 17.1. The van der Waals surface area contributed by atoms with Crippen molar-refractivity contribution in [3.63, 3.8) is 0 Å². The van der Waals surface area contributed by atoms with Crippen LogP contribution in [0.25, 0.3) is 0 Å². The van der Waals surface area contributed by atoms with E-state index >= 15 is 0 Å². The molecule has 3 N–H and O–H groups in total. The van der Waals surface area contributed by atoms with Crippen molar-refractivity contribution in [3.05, 3.63) is 23.8 Å². The van der Waals surface area contributed by atoms with Gasteiger partial charge in [-0.25, -0.2) is 0 Å². The molecule has 1 aliphatic heterocycles. The molecule has 2 atom stereocenters. The van der Waals surface area contributed by atoms with Gasteiger partial charge in [0.15, 0.2) is 11.5 Å². The molecule has 8 heteroatoms. The van der Waals surface area contributed by atoms with E-state index < -0.39 is 6.04 Å². The Hall–Kier alpha value is -1.54. The standard InChI is InChI=1S/C19H30N2O5.ClH/c1-13(21-19(22)18(20)14-6-8-25-9-7-14)15-4-5-16(17(12-15)24-3)26-11-10-23-2;/h4-5,12-14,18H,6-11,20H2,1-3H3,(H,21,22);1H. The van der Waals surface area contributed by atoms with Gasteiger partial charge in [-0.2, -0.15) is 0 Å². The number of methoxy groups -OCH3 is 2. The Morgan fingerprint density at radius 3 is 2.59 bits per heavy atom. The molecule has 0 aliphatic carbocycles. The highest BCUT2D eigenvalue weighted by atomic mass is 35.5. The Bertz CT molecular complexity index is 581. The lowest BCUT2D eigenvalue weighted by molar-refractivity contribution is -0.125. The minimum absolute atomic E-state index is 0. The van der Waals surface area contributed by atoms with E-state index in [1.165, 1.54) is 0 Å². The van der Waals surface area contributed by atoms with Gasteiger partial charge < -0.3 is 30.0 Å². The molecule has 27 heavy (non-hydrogen) atoms. The summed E-state index contributed by atoms with van der Waals surface area (Å²) in [6, 6.07) is 4.92. The highest BCUT2D eigenvalue weighted by Crippen LogP contribution is 2.30. The van der Waals surface area contributed by atoms with Crippen LogP contribution in [0.15, 0.2) is 18.2 Å². The van der Waals surface area contributed by atoms with Crippen LogP contribution in [-0.4, -0.2) is 52.6 Å². The number of amides is 1. The molecular formula is C19H31ClN2O5. The maximum Gasteiger partial charge on any atom is 0.237 e. The molecule has 2 rings (SSSR count). The smallest absolute Gasteiger partial charge is 0.237 e. The average Bonchev–Trinajstić information content (AvgIpc) is 2.68. The van der Waals surface area contributed by atoms with Gasteiger partial charge in [0.25, 0.3) is 0 Å². The molecule has 2 unspecified atom stereocenters. The topological polar surface area (TPSA) is 92.0 Å². The highest BCUT2D eigenvalue weighted by molar-refractivity contribution is 5.85. The largest absolute Gasteiger partial charge is 0.493 e. The fraction of sp³-hybridized carbons (Fsp3) is 0.632. The van der Waals surface area contributed by atoms with Crippen LogP contribution in [0.3, 0.4) is 0 Å². The predicted octanol–water partition coefficient (Wildman–Crippen LogP) is 2.07. The van der Waals surface area contributed by atoms with E-state index in [2.05, 4.69) is 5.32 Å². The lowest BCUT2D eigenvalue weighted by Gasteiger charge is -2.28. The first-order valence-corrected chi connectivity index (χ1v) is 9.00. The fourth-order valence-electron chi connectivity index (χ4n) is 2.99. The van der Waals surface area contributed by atoms with Crippen LogP contribution < -0.4 is 20.5 Å². The number of hydrogen-bond acceptors (Lipinski definition) is 6. The van der Waals surface area contributed by atoms with Gasteiger partial charge in [-0.3, -0.25) is 4.79 Å². The summed E-state index contributed by atoms with van der Waals surface area (Å²) in [7, 11) is 3.21. The van der Waals surface area contributed by atoms with Crippen molar-refractivity contribution in [2.45, 2.75) is 31.8 Å². The van der Waals surface area contributed by atoms with Crippen LogP contribution in [0, 0.1) is 5.92 Å². The Labute approximate surface area is 167 Å². The maximum absolute atomic E-state index is 12.5. The summed E-state index contributed by atoms with van der Waals surface area (Å²) >= 11 is 0. The minimum atomic E-state index is -0.514. The summed E-state index contributed by atoms with van der Waals surface area (Å²) < 4.78 is 21.3. The molecule has 1 aromatic rings. The first kappa shape index (κ1) is 23.5. The number of carbonyl (C=O) groups excluding carboxylic acids is 1. The van der Waals surface area contributed by atoms with Gasteiger partial charge in [0.1, 0.15) is 6.61 Å². The summed E-state index contributed by atoms with van der Waals surface area (Å²) in [6.45, 7) is 4.21. The minimum Gasteiger partial charge on any atom is -0.493 e. The van der Waals surface area contributed by atoms with E-state index in [4.69, 9.17) is 24.7 Å². The summed E-state index contributed by atoms with van der Waals surface area (Å²) in [4.78, 5) is 12.5. The second-order valence-corrected chi connectivity index (χ2v) is 6.46. The molecule has 1 amide bonds. The van der Waals surface area contributed by atoms with Gasteiger partial charge in [-0.05, 0) is 43.4 Å². The Kier molecular flexibility index (Phi) is 10.5. The summed E-state index contributed by atoms with van der Waals surface area (Å²) in [6.07, 6.45) is 1.65. The number of rotatable bonds is 9. The molecule has 1 heterocycles. The number of ether oxygens (including phenoxy) is 4. The first-order valence-electron chi connectivity index (χ1n) is 9.00. The van der Waals surface area contributed by atoms with Gasteiger partial charge in [-0.1, -0.05) is 6.07 Å². The number of benzene rings is 1. The predicted molar refractivity (Wildman–Crippen MR) is 106 cm³/mol. The van der Waals surface area contributed by atoms with Gasteiger partial charge in [0.05, 0.1) is 25.8 Å². The highest BCUT2D eigenvalue weighted by Gasteiger charge is 2.27. The van der Waals surface area contributed by atoms with Crippen molar-refractivity contribution in [1.82, 2.24) is 5.32 Å². The molecular weight excluding hydrogens is 372 g/mol. The summed E-state index contributed by atoms with van der Waals surface area (Å²) in [5.41, 5.74) is 7.07. The van der Waals surface area contributed by atoms with Crippen LogP contribution in [0.1, 0.15) is 31.4 Å². The Morgan fingerprint density at radius 2 is 1.96 bits per heavy atom. The van der Waals surface area contributed by atoms with Crippen LogP contribution in [0.4, 0.5) is 0 Å². The van der Waals surface area contributed by atoms with Crippen molar-refractivity contribution in [3.8, 4) is 11.5 Å². The van der Waals surface area contributed by atoms with E-state index in [0.717, 1.165) is 18.4 Å². The van der Waals surface area contributed by atoms with Crippen molar-refractivity contribution >= 4 is 18.3 Å². The average molecular weight is 403 g/mol. The van der Waals surface area contributed by atoms with E-state index in [1.807, 2.05) is 25.1 Å². The third kappa shape index (κ3) is 6.84. The number of carbonyl (C=O) groups is 1. The number of nitrogens with one attached hydrogen (secondary N) is 1. The zero-order chi connectivity index (χ0) is 18.9. The number of halogens is 1. The second kappa shape index (κ2) is 12.0. The number of nitrogens with two attached hydrogens (primary N) is 1. The molecule has 1 saturated heterocycles. The third-order valence-corrected chi connectivity index (χ3v) is 4.67. The zero-order valence-electron chi connectivity index (χ0n) is 16.2. The van der Waals surface area contributed by atoms with Gasteiger partial charge >= 0.3 is 0 Å². The van der Waals surface area contributed by atoms with Gasteiger partial charge in [-0.15, -0.1) is 12.4 Å². The molecule has 154 valence electrons. The molecule has 1 aliphatic rings. The summed E-state index contributed by atoms with van der Waals surface area (Å²) in [5.74, 6) is 1.30. The molecule has 0 saturated carbocycles. The van der Waals surface area contributed by atoms with E-state index in [9.17, 15) is 4.79 Å². The van der Waals surface area contributed by atoms with Crippen molar-refractivity contribution in [1.29, 1.82) is 0 Å². The lowest BCUT2D eigenvalue weighted by Crippen LogP contribution is -2.47. The lowest BCUT2D eigenvalue weighted by atomic mass is 9.91. The quantitative estimate of drug-likeness (QED) is 0.614. The van der Waals surface area contributed by atoms with Crippen molar-refractivity contribution < 1.29 is 23.7 Å². The van der Waals surface area contributed by atoms with Crippen LogP contribution >= 0.6 is 12.4 Å².